The summed E-state index contributed by atoms with van der Waals surface area (Å²) in [5.41, 5.74) is 2.55. The molecule has 0 saturated heterocycles. The average Bonchev–Trinajstić information content (AvgIpc) is 3.47. The minimum absolute atomic E-state index is 0.0360. The summed E-state index contributed by atoms with van der Waals surface area (Å²) in [5, 5.41) is 11.3. The Labute approximate surface area is 177 Å². The van der Waals surface area contributed by atoms with Crippen LogP contribution in [0.15, 0.2) is 47.5 Å². The lowest BCUT2D eigenvalue weighted by atomic mass is 10.2. The summed E-state index contributed by atoms with van der Waals surface area (Å²) >= 11 is 7.39. The molecule has 2 aromatic carbocycles. The van der Waals surface area contributed by atoms with Gasteiger partial charge in [0.25, 0.3) is 0 Å². The van der Waals surface area contributed by atoms with Crippen molar-refractivity contribution in [2.24, 2.45) is 4.99 Å². The molecule has 1 N–H and O–H groups in total. The first-order chi connectivity index (χ1) is 14.0. The van der Waals surface area contributed by atoms with Gasteiger partial charge < -0.3 is 9.84 Å². The number of thiazole rings is 1. The largest absolute Gasteiger partial charge is 0.504 e. The lowest BCUT2D eigenvalue weighted by Crippen LogP contribution is -2.04. The van der Waals surface area contributed by atoms with E-state index in [0.717, 1.165) is 29.1 Å². The number of aromatic nitrogens is 1. The molecule has 0 amide bonds. The molecule has 0 atom stereocenters. The monoisotopic (exact) mass is 426 g/mol. The van der Waals surface area contributed by atoms with Crippen molar-refractivity contribution < 1.29 is 14.6 Å². The quantitative estimate of drug-likeness (QED) is 0.408. The minimum Gasteiger partial charge on any atom is -0.504 e. The van der Waals surface area contributed by atoms with E-state index in [2.05, 4.69) is 4.99 Å². The molecule has 1 fully saturated rings. The molecule has 3 aromatic rings. The smallest absolute Gasteiger partial charge is 0.196 e. The fourth-order valence-electron chi connectivity index (χ4n) is 2.97. The summed E-state index contributed by atoms with van der Waals surface area (Å²) in [5.74, 6) is 0.757. The van der Waals surface area contributed by atoms with Crippen LogP contribution in [-0.4, -0.2) is 35.7 Å². The van der Waals surface area contributed by atoms with E-state index in [1.807, 2.05) is 24.3 Å². The summed E-state index contributed by atoms with van der Waals surface area (Å²) in [6.45, 7) is 0.0365. The molecule has 0 bridgehead atoms. The van der Waals surface area contributed by atoms with Crippen molar-refractivity contribution >= 4 is 34.9 Å². The Kier molecular flexibility index (Phi) is 5.65. The summed E-state index contributed by atoms with van der Waals surface area (Å²) in [6, 6.07) is 12.5. The Balaban J connectivity index is 1.52. The Bertz CT molecular complexity index is 1070. The number of rotatable bonds is 7. The van der Waals surface area contributed by atoms with Crippen molar-refractivity contribution in [1.29, 1.82) is 0 Å². The van der Waals surface area contributed by atoms with E-state index in [0.29, 0.717) is 27.1 Å². The molecule has 1 saturated carbocycles. The third kappa shape index (κ3) is 4.49. The number of phenols is 1. The Morgan fingerprint density at radius 2 is 2.07 bits per heavy atom. The van der Waals surface area contributed by atoms with Crippen molar-refractivity contribution in [3.05, 3.63) is 63.6 Å². The second-order valence-corrected chi connectivity index (χ2v) is 8.27. The third-order valence-corrected chi connectivity index (χ3v) is 6.05. The average molecular weight is 427 g/mol. The predicted octanol–water partition coefficient (Wildman–Crippen LogP) is 5.36. The van der Waals surface area contributed by atoms with Crippen LogP contribution in [0.4, 0.5) is 0 Å². The lowest BCUT2D eigenvalue weighted by molar-refractivity contribution is 0.100. The van der Waals surface area contributed by atoms with Crippen LogP contribution < -0.4 is 4.74 Å². The molecule has 0 unspecified atom stereocenters. The fourth-order valence-corrected chi connectivity index (χ4v) is 4.19. The number of Topliss-reactive ketones (excluding diaryl/α,β-unsaturated/α-hetero) is 1. The van der Waals surface area contributed by atoms with E-state index < -0.39 is 0 Å². The maximum Gasteiger partial charge on any atom is 0.196 e. The van der Waals surface area contributed by atoms with Gasteiger partial charge in [-0.3, -0.25) is 9.79 Å². The van der Waals surface area contributed by atoms with Crippen LogP contribution in [-0.2, 0) is 0 Å². The van der Waals surface area contributed by atoms with Crippen LogP contribution in [0.25, 0.3) is 10.6 Å². The molecule has 1 aliphatic rings. The van der Waals surface area contributed by atoms with Crippen LogP contribution in [0.3, 0.4) is 0 Å². The molecule has 0 aliphatic heterocycles. The van der Waals surface area contributed by atoms with E-state index in [-0.39, 0.29) is 18.1 Å². The summed E-state index contributed by atoms with van der Waals surface area (Å²) in [4.78, 5) is 22.5. The standard InChI is InChI=1S/C22H19ClN2O3S/c1-28-19-9-2-13(10-17(19)26)11-24-12-18(27)21-20(14-3-4-14)25-22(29-21)15-5-7-16(23)8-6-15/h2,5-11,14,26H,3-4,12H2,1H3. The molecule has 0 radical (unpaired) electrons. The van der Waals surface area contributed by atoms with Crippen molar-refractivity contribution in [2.45, 2.75) is 18.8 Å². The van der Waals surface area contributed by atoms with Crippen LogP contribution >= 0.6 is 22.9 Å². The number of nitrogens with zero attached hydrogens (tertiary/aromatic N) is 2. The summed E-state index contributed by atoms with van der Waals surface area (Å²) in [7, 11) is 1.49. The van der Waals surface area contributed by atoms with Crippen molar-refractivity contribution in [2.75, 3.05) is 13.7 Å². The van der Waals surface area contributed by atoms with Crippen LogP contribution in [0, 0.1) is 0 Å². The Morgan fingerprint density at radius 1 is 1.31 bits per heavy atom. The second kappa shape index (κ2) is 8.35. The van der Waals surface area contributed by atoms with Gasteiger partial charge in [-0.25, -0.2) is 4.98 Å². The normalized spacial score (nSPS) is 13.7. The highest BCUT2D eigenvalue weighted by Gasteiger charge is 2.32. The molecule has 1 aromatic heterocycles. The van der Waals surface area contributed by atoms with E-state index in [1.54, 1.807) is 24.4 Å². The Hall–Kier alpha value is -2.70. The van der Waals surface area contributed by atoms with E-state index >= 15 is 0 Å². The number of hydrogen-bond acceptors (Lipinski definition) is 6. The SMILES string of the molecule is COc1ccc(C=NCC(=O)c2sc(-c3ccc(Cl)cc3)nc2C2CC2)cc1O. The van der Waals surface area contributed by atoms with E-state index in [4.69, 9.17) is 21.3 Å². The van der Waals surface area contributed by atoms with Gasteiger partial charge in [0.05, 0.1) is 17.7 Å². The van der Waals surface area contributed by atoms with Crippen molar-refractivity contribution in [1.82, 2.24) is 4.98 Å². The van der Waals surface area contributed by atoms with Gasteiger partial charge in [0, 0.05) is 22.7 Å². The van der Waals surface area contributed by atoms with Gasteiger partial charge in [-0.05, 0) is 48.7 Å². The number of hydrogen-bond donors (Lipinski definition) is 1. The number of ketones is 1. The third-order valence-electron chi connectivity index (χ3n) is 4.64. The number of ether oxygens (including phenoxy) is 1. The van der Waals surface area contributed by atoms with Gasteiger partial charge in [-0.1, -0.05) is 23.7 Å². The van der Waals surface area contributed by atoms with E-state index in [1.165, 1.54) is 18.4 Å². The first kappa shape index (κ1) is 19.6. The van der Waals surface area contributed by atoms with Crippen molar-refractivity contribution in [3.8, 4) is 22.1 Å². The number of halogens is 1. The first-order valence-electron chi connectivity index (χ1n) is 9.22. The molecule has 29 heavy (non-hydrogen) atoms. The number of aliphatic imine (C=N–C) groups is 1. The lowest BCUT2D eigenvalue weighted by Gasteiger charge is -2.03. The van der Waals surface area contributed by atoms with Gasteiger partial charge in [-0.2, -0.15) is 0 Å². The predicted molar refractivity (Wildman–Crippen MR) is 116 cm³/mol. The summed E-state index contributed by atoms with van der Waals surface area (Å²) in [6.07, 6.45) is 3.71. The maximum atomic E-state index is 12.8. The molecular formula is C22H19ClN2O3S. The Morgan fingerprint density at radius 3 is 2.72 bits per heavy atom. The molecule has 148 valence electrons. The first-order valence-corrected chi connectivity index (χ1v) is 10.4. The maximum absolute atomic E-state index is 12.8. The minimum atomic E-state index is -0.0430. The molecule has 1 aliphatic carbocycles. The molecule has 5 nitrogen and oxygen atoms in total. The van der Waals surface area contributed by atoms with E-state index in [9.17, 15) is 9.90 Å². The van der Waals surface area contributed by atoms with Crippen LogP contribution in [0.5, 0.6) is 11.5 Å². The van der Waals surface area contributed by atoms with Gasteiger partial charge in [0.2, 0.25) is 0 Å². The zero-order valence-corrected chi connectivity index (χ0v) is 17.3. The molecular weight excluding hydrogens is 408 g/mol. The van der Waals surface area contributed by atoms with Gasteiger partial charge >= 0.3 is 0 Å². The number of methoxy groups -OCH3 is 1. The zero-order valence-electron chi connectivity index (χ0n) is 15.8. The second-order valence-electron chi connectivity index (χ2n) is 6.84. The number of benzene rings is 2. The molecule has 1 heterocycles. The molecule has 7 heteroatoms. The topological polar surface area (TPSA) is 71.8 Å². The van der Waals surface area contributed by atoms with Crippen LogP contribution in [0.2, 0.25) is 5.02 Å². The van der Waals surface area contributed by atoms with Crippen LogP contribution in [0.1, 0.15) is 39.7 Å². The highest BCUT2D eigenvalue weighted by molar-refractivity contribution is 7.17. The number of carbonyl (C=O) groups excluding carboxylic acids is 1. The number of aromatic hydroxyl groups is 1. The number of phenolic OH excluding ortho intramolecular Hbond substituents is 1. The molecule has 4 rings (SSSR count). The highest BCUT2D eigenvalue weighted by atomic mass is 35.5. The zero-order chi connectivity index (χ0) is 20.4. The van der Waals surface area contributed by atoms with Gasteiger partial charge in [0.1, 0.15) is 11.6 Å². The van der Waals surface area contributed by atoms with Gasteiger partial charge in [0.15, 0.2) is 17.3 Å². The van der Waals surface area contributed by atoms with Gasteiger partial charge in [-0.15, -0.1) is 11.3 Å². The fraction of sp³-hybridized carbons (Fsp3) is 0.227. The summed E-state index contributed by atoms with van der Waals surface area (Å²) < 4.78 is 5.03. The van der Waals surface area contributed by atoms with Crippen molar-refractivity contribution in [3.63, 3.8) is 0 Å². The highest BCUT2D eigenvalue weighted by Crippen LogP contribution is 2.44. The number of carbonyl (C=O) groups is 1. The molecule has 0 spiro atoms.